The zero-order chi connectivity index (χ0) is 14.6. The molecule has 2 aliphatic rings. The second-order valence-electron chi connectivity index (χ2n) is 5.89. The summed E-state index contributed by atoms with van der Waals surface area (Å²) in [6, 6.07) is 0. The lowest BCUT2D eigenvalue weighted by atomic mass is 9.90. The quantitative estimate of drug-likeness (QED) is 0.734. The Morgan fingerprint density at radius 2 is 2.30 bits per heavy atom. The van der Waals surface area contributed by atoms with Crippen LogP contribution in [0.1, 0.15) is 32.6 Å². The fourth-order valence-electron chi connectivity index (χ4n) is 2.66. The van der Waals surface area contributed by atoms with Gasteiger partial charge in [-0.05, 0) is 26.2 Å². The van der Waals surface area contributed by atoms with Crippen LogP contribution in [-0.4, -0.2) is 60.9 Å². The largest absolute Gasteiger partial charge is 0.481 e. The van der Waals surface area contributed by atoms with Crippen molar-refractivity contribution in [1.82, 2.24) is 4.90 Å². The number of aliphatic carboxylic acids is 1. The molecule has 2 heterocycles. The Hall–Kier alpha value is -1.14. The zero-order valence-corrected chi connectivity index (χ0v) is 12.0. The first kappa shape index (κ1) is 15.3. The van der Waals surface area contributed by atoms with Crippen LogP contribution in [0.15, 0.2) is 0 Å². The molecule has 0 bridgehead atoms. The predicted molar refractivity (Wildman–Crippen MR) is 71.3 cm³/mol. The lowest BCUT2D eigenvalue weighted by Gasteiger charge is -2.20. The van der Waals surface area contributed by atoms with E-state index in [2.05, 4.69) is 0 Å². The Morgan fingerprint density at radius 1 is 1.50 bits per heavy atom. The molecule has 1 amide bonds. The second-order valence-corrected chi connectivity index (χ2v) is 5.89. The van der Waals surface area contributed by atoms with Gasteiger partial charge in [0.05, 0.1) is 31.2 Å². The summed E-state index contributed by atoms with van der Waals surface area (Å²) in [5.74, 6) is -0.857. The third-order valence-electron chi connectivity index (χ3n) is 4.13. The van der Waals surface area contributed by atoms with Crippen LogP contribution in [0.2, 0.25) is 0 Å². The molecule has 0 aromatic heterocycles. The molecule has 0 saturated carbocycles. The summed E-state index contributed by atoms with van der Waals surface area (Å²) in [6.07, 6.45) is 3.10. The van der Waals surface area contributed by atoms with Gasteiger partial charge in [-0.2, -0.15) is 0 Å². The molecule has 0 aromatic carbocycles. The van der Waals surface area contributed by atoms with Crippen LogP contribution in [-0.2, 0) is 19.1 Å². The third kappa shape index (κ3) is 3.70. The monoisotopic (exact) mass is 285 g/mol. The van der Waals surface area contributed by atoms with Crippen LogP contribution < -0.4 is 0 Å². The average molecular weight is 285 g/mol. The molecule has 0 radical (unpaired) electrons. The number of nitrogens with zero attached hydrogens (tertiary/aromatic N) is 1. The molecule has 2 fully saturated rings. The molecule has 0 aromatic rings. The van der Waals surface area contributed by atoms with E-state index in [-0.39, 0.29) is 12.0 Å². The van der Waals surface area contributed by atoms with Crippen LogP contribution in [0.5, 0.6) is 0 Å². The Balaban J connectivity index is 1.64. The number of carboxylic acids is 1. The van der Waals surface area contributed by atoms with E-state index < -0.39 is 11.4 Å². The maximum absolute atomic E-state index is 12.0. The van der Waals surface area contributed by atoms with Crippen molar-refractivity contribution in [2.24, 2.45) is 5.41 Å². The molecule has 0 unspecified atom stereocenters. The minimum absolute atomic E-state index is 0.0256. The van der Waals surface area contributed by atoms with E-state index in [0.29, 0.717) is 39.1 Å². The molecule has 1 N–H and O–H groups in total. The molecule has 0 spiro atoms. The van der Waals surface area contributed by atoms with Crippen molar-refractivity contribution < 1.29 is 24.2 Å². The molecule has 114 valence electrons. The number of likely N-dealkylation sites (tertiary alicyclic amines) is 1. The maximum Gasteiger partial charge on any atom is 0.311 e. The van der Waals surface area contributed by atoms with Gasteiger partial charge in [0.2, 0.25) is 5.91 Å². The Kier molecular flexibility index (Phi) is 4.99. The van der Waals surface area contributed by atoms with Gasteiger partial charge < -0.3 is 19.5 Å². The number of carbonyl (C=O) groups is 2. The normalized spacial score (nSPS) is 29.9. The van der Waals surface area contributed by atoms with Crippen LogP contribution in [0.25, 0.3) is 0 Å². The molecule has 6 heteroatoms. The Labute approximate surface area is 119 Å². The first-order valence-electron chi connectivity index (χ1n) is 7.22. The lowest BCUT2D eigenvalue weighted by molar-refractivity contribution is -0.147. The van der Waals surface area contributed by atoms with E-state index in [0.717, 1.165) is 19.4 Å². The number of hydrogen-bond donors (Lipinski definition) is 1. The van der Waals surface area contributed by atoms with E-state index in [1.807, 2.05) is 0 Å². The van der Waals surface area contributed by atoms with Crippen LogP contribution in [0.4, 0.5) is 0 Å². The summed E-state index contributed by atoms with van der Waals surface area (Å²) in [5.41, 5.74) is -0.797. The highest BCUT2D eigenvalue weighted by Gasteiger charge is 2.41. The molecule has 2 aliphatic heterocycles. The predicted octanol–water partition coefficient (Wildman–Crippen LogP) is 0.895. The molecule has 2 saturated heterocycles. The van der Waals surface area contributed by atoms with Crippen molar-refractivity contribution in [3.05, 3.63) is 0 Å². The van der Waals surface area contributed by atoms with Crippen LogP contribution >= 0.6 is 0 Å². The molecule has 0 aliphatic carbocycles. The molecule has 20 heavy (non-hydrogen) atoms. The number of amides is 1. The van der Waals surface area contributed by atoms with Crippen molar-refractivity contribution >= 4 is 11.9 Å². The van der Waals surface area contributed by atoms with Crippen molar-refractivity contribution in [3.63, 3.8) is 0 Å². The Morgan fingerprint density at radius 3 is 2.90 bits per heavy atom. The maximum atomic E-state index is 12.0. The summed E-state index contributed by atoms with van der Waals surface area (Å²) in [4.78, 5) is 24.7. The zero-order valence-electron chi connectivity index (χ0n) is 12.0. The number of hydrogen-bond acceptors (Lipinski definition) is 4. The fourth-order valence-corrected chi connectivity index (χ4v) is 2.66. The number of carbonyl (C=O) groups excluding carboxylic acids is 1. The second kappa shape index (κ2) is 6.54. The highest BCUT2D eigenvalue weighted by Crippen LogP contribution is 2.30. The molecule has 2 atom stereocenters. The minimum atomic E-state index is -0.831. The number of ether oxygens (including phenoxy) is 2. The summed E-state index contributed by atoms with van der Waals surface area (Å²) in [6.45, 7) is 4.23. The van der Waals surface area contributed by atoms with E-state index >= 15 is 0 Å². The van der Waals surface area contributed by atoms with Gasteiger partial charge in [0, 0.05) is 19.7 Å². The van der Waals surface area contributed by atoms with Gasteiger partial charge in [0.25, 0.3) is 0 Å². The Bertz CT molecular complexity index is 367. The summed E-state index contributed by atoms with van der Waals surface area (Å²) < 4.78 is 10.9. The van der Waals surface area contributed by atoms with Crippen molar-refractivity contribution in [1.29, 1.82) is 0 Å². The number of rotatable bonds is 6. The molecule has 6 nitrogen and oxygen atoms in total. The average Bonchev–Trinajstić information content (AvgIpc) is 3.04. The SMILES string of the molecule is C[C@]1(C(=O)O)CCN(C(=O)CCOC[C@@H]2CCCO2)C1. The van der Waals surface area contributed by atoms with Gasteiger partial charge in [0.15, 0.2) is 0 Å². The van der Waals surface area contributed by atoms with E-state index in [1.54, 1.807) is 11.8 Å². The number of carboxylic acid groups (broad SMARTS) is 1. The van der Waals surface area contributed by atoms with Crippen LogP contribution in [0, 0.1) is 5.41 Å². The van der Waals surface area contributed by atoms with Crippen molar-refractivity contribution in [3.8, 4) is 0 Å². The van der Waals surface area contributed by atoms with Gasteiger partial charge in [-0.1, -0.05) is 0 Å². The van der Waals surface area contributed by atoms with Gasteiger partial charge in [0.1, 0.15) is 0 Å². The van der Waals surface area contributed by atoms with E-state index in [1.165, 1.54) is 0 Å². The van der Waals surface area contributed by atoms with Gasteiger partial charge in [-0.25, -0.2) is 0 Å². The summed E-state index contributed by atoms with van der Waals surface area (Å²) in [5, 5.41) is 9.13. The first-order chi connectivity index (χ1) is 9.51. The molecule has 2 rings (SSSR count). The van der Waals surface area contributed by atoms with Gasteiger partial charge >= 0.3 is 5.97 Å². The standard InChI is InChI=1S/C14H23NO5/c1-14(13(17)18)5-6-15(10-14)12(16)4-8-19-9-11-3-2-7-20-11/h11H,2-10H2,1H3,(H,17,18)/t11-,14-/m0/s1. The summed E-state index contributed by atoms with van der Waals surface area (Å²) >= 11 is 0. The summed E-state index contributed by atoms with van der Waals surface area (Å²) in [7, 11) is 0. The van der Waals surface area contributed by atoms with E-state index in [4.69, 9.17) is 14.6 Å². The van der Waals surface area contributed by atoms with Crippen molar-refractivity contribution in [2.75, 3.05) is 32.9 Å². The lowest BCUT2D eigenvalue weighted by Crippen LogP contribution is -2.35. The molecular formula is C14H23NO5. The van der Waals surface area contributed by atoms with Gasteiger partial charge in [-0.3, -0.25) is 9.59 Å². The topological polar surface area (TPSA) is 76.1 Å². The minimum Gasteiger partial charge on any atom is -0.481 e. The highest BCUT2D eigenvalue weighted by molar-refractivity contribution is 5.80. The van der Waals surface area contributed by atoms with Crippen molar-refractivity contribution in [2.45, 2.75) is 38.7 Å². The van der Waals surface area contributed by atoms with E-state index in [9.17, 15) is 9.59 Å². The molecular weight excluding hydrogens is 262 g/mol. The fraction of sp³-hybridized carbons (Fsp3) is 0.857. The third-order valence-corrected chi connectivity index (χ3v) is 4.13. The smallest absolute Gasteiger partial charge is 0.311 e. The van der Waals surface area contributed by atoms with Gasteiger partial charge in [-0.15, -0.1) is 0 Å². The first-order valence-corrected chi connectivity index (χ1v) is 7.22. The van der Waals surface area contributed by atoms with Crippen LogP contribution in [0.3, 0.4) is 0 Å². The highest BCUT2D eigenvalue weighted by atomic mass is 16.5.